The van der Waals surface area contributed by atoms with Crippen molar-refractivity contribution in [2.24, 2.45) is 0 Å². The van der Waals surface area contributed by atoms with Crippen molar-refractivity contribution < 1.29 is 40.9 Å². The molecule has 0 aliphatic heterocycles. The summed E-state index contributed by atoms with van der Waals surface area (Å²) in [5, 5.41) is 8.54. The molecule has 1 aromatic rings. The maximum atomic E-state index is 10.1. The molecular formula is C4H3ClNNaO2S. The van der Waals surface area contributed by atoms with Gasteiger partial charge in [-0.1, -0.05) is 11.6 Å². The number of aromatic nitrogens is 1. The fourth-order valence-electron chi connectivity index (χ4n) is 0.354. The quantitative estimate of drug-likeness (QED) is 0.551. The van der Waals surface area contributed by atoms with Crippen molar-refractivity contribution in [3.63, 3.8) is 0 Å². The van der Waals surface area contributed by atoms with Gasteiger partial charge in [0, 0.05) is 6.07 Å². The molecule has 0 spiro atoms. The zero-order chi connectivity index (χ0) is 6.85. The molecule has 1 aromatic heterocycles. The van der Waals surface area contributed by atoms with Gasteiger partial charge in [-0.3, -0.25) is 0 Å². The Kier molecular flexibility index (Phi) is 4.47. The van der Waals surface area contributed by atoms with E-state index >= 15 is 0 Å². The van der Waals surface area contributed by atoms with Crippen LogP contribution in [-0.2, 0) is 0 Å². The molecule has 0 amide bonds. The van der Waals surface area contributed by atoms with E-state index in [0.717, 1.165) is 11.5 Å². The molecular weight excluding hydrogens is 185 g/mol. The molecule has 1 rings (SSSR count). The van der Waals surface area contributed by atoms with Gasteiger partial charge in [-0.25, -0.2) is 4.79 Å². The second kappa shape index (κ2) is 4.31. The van der Waals surface area contributed by atoms with E-state index in [1.54, 1.807) is 0 Å². The Morgan fingerprint density at radius 1 is 1.90 bits per heavy atom. The number of hydrogen-bond acceptors (Lipinski definition) is 3. The van der Waals surface area contributed by atoms with E-state index in [4.69, 9.17) is 16.7 Å². The fourth-order valence-corrected chi connectivity index (χ4v) is 1.11. The summed E-state index contributed by atoms with van der Waals surface area (Å²) in [6, 6.07) is 1.31. The van der Waals surface area contributed by atoms with Gasteiger partial charge in [0.2, 0.25) is 0 Å². The van der Waals surface area contributed by atoms with Crippen LogP contribution in [0.5, 0.6) is 0 Å². The van der Waals surface area contributed by atoms with Crippen LogP contribution in [0.4, 0.5) is 0 Å². The molecule has 0 bridgehead atoms. The van der Waals surface area contributed by atoms with Crippen molar-refractivity contribution in [1.82, 2.24) is 4.37 Å². The Labute approximate surface area is 90.0 Å². The van der Waals surface area contributed by atoms with Gasteiger partial charge in [0.1, 0.15) is 10.0 Å². The second-order valence-electron chi connectivity index (χ2n) is 1.32. The van der Waals surface area contributed by atoms with Gasteiger partial charge in [0.05, 0.1) is 0 Å². The maximum absolute atomic E-state index is 10.1. The minimum absolute atomic E-state index is 0. The largest absolute Gasteiger partial charge is 1.00 e. The van der Waals surface area contributed by atoms with Gasteiger partial charge in [-0.15, -0.1) is 0 Å². The number of carbonyl (C=O) groups is 1. The molecule has 0 saturated carbocycles. The van der Waals surface area contributed by atoms with Crippen LogP contribution in [0, 0.1) is 0 Å². The van der Waals surface area contributed by atoms with Gasteiger partial charge in [-0.05, 0) is 11.5 Å². The zero-order valence-electron chi connectivity index (χ0n) is 6.17. The van der Waals surface area contributed by atoms with Crippen LogP contribution in [0.1, 0.15) is 11.1 Å². The van der Waals surface area contributed by atoms with Gasteiger partial charge in [0.15, 0.2) is 0 Å². The Balaban J connectivity index is 0. The fraction of sp³-hybridized carbons (Fsp3) is 0. The number of carboxylic acid groups (broad SMARTS) is 1. The Bertz CT molecular complexity index is 244. The topological polar surface area (TPSA) is 50.2 Å². The Morgan fingerprint density at radius 2 is 2.50 bits per heavy atom. The molecule has 0 atom stereocenters. The summed E-state index contributed by atoms with van der Waals surface area (Å²) in [5.41, 5.74) is 0. The Hall–Kier alpha value is 0.390. The number of hydrogen-bond donors (Lipinski definition) is 1. The number of aromatic carboxylic acids is 1. The van der Waals surface area contributed by atoms with E-state index < -0.39 is 5.97 Å². The van der Waals surface area contributed by atoms with E-state index in [-0.39, 0.29) is 41.0 Å². The van der Waals surface area contributed by atoms with Crippen molar-refractivity contribution in [2.45, 2.75) is 0 Å². The summed E-state index contributed by atoms with van der Waals surface area (Å²) in [4.78, 5) is 10.3. The minimum atomic E-state index is -0.987. The van der Waals surface area contributed by atoms with Gasteiger partial charge >= 0.3 is 35.5 Å². The van der Waals surface area contributed by atoms with Gasteiger partial charge < -0.3 is 6.53 Å². The number of nitrogens with zero attached hydrogens (tertiary/aromatic N) is 1. The maximum Gasteiger partial charge on any atom is 1.00 e. The van der Waals surface area contributed by atoms with E-state index in [9.17, 15) is 4.79 Å². The monoisotopic (exact) mass is 187 g/mol. The molecule has 0 radical (unpaired) electrons. The molecule has 3 nitrogen and oxygen atoms in total. The molecule has 50 valence electrons. The Morgan fingerprint density at radius 3 is 2.70 bits per heavy atom. The molecule has 0 aliphatic carbocycles. The van der Waals surface area contributed by atoms with Crippen molar-refractivity contribution in [1.29, 1.82) is 0 Å². The van der Waals surface area contributed by atoms with Gasteiger partial charge in [-0.2, -0.15) is 4.37 Å². The molecule has 1 N–H and O–H groups in total. The average Bonchev–Trinajstić information content (AvgIpc) is 2.14. The van der Waals surface area contributed by atoms with E-state index in [2.05, 4.69) is 4.37 Å². The third-order valence-electron chi connectivity index (χ3n) is 0.692. The number of halogens is 1. The van der Waals surface area contributed by atoms with E-state index in [1.807, 2.05) is 0 Å². The summed E-state index contributed by atoms with van der Waals surface area (Å²) in [7, 11) is 0. The zero-order valence-corrected chi connectivity index (χ0v) is 8.74. The van der Waals surface area contributed by atoms with Crippen LogP contribution in [0.25, 0.3) is 0 Å². The number of rotatable bonds is 1. The van der Waals surface area contributed by atoms with Crippen LogP contribution < -0.4 is 29.6 Å². The first-order valence-corrected chi connectivity index (χ1v) is 3.21. The van der Waals surface area contributed by atoms with Crippen LogP contribution >= 0.6 is 23.1 Å². The van der Waals surface area contributed by atoms with Crippen molar-refractivity contribution in [3.8, 4) is 0 Å². The first-order valence-electron chi connectivity index (χ1n) is 2.05. The van der Waals surface area contributed by atoms with Crippen molar-refractivity contribution >= 4 is 29.1 Å². The normalized spacial score (nSPS) is 8.50. The van der Waals surface area contributed by atoms with Crippen LogP contribution in [0.15, 0.2) is 6.07 Å². The predicted molar refractivity (Wildman–Crippen MR) is 35.2 cm³/mol. The average molecular weight is 188 g/mol. The van der Waals surface area contributed by atoms with Crippen LogP contribution in [-0.4, -0.2) is 15.4 Å². The van der Waals surface area contributed by atoms with Crippen LogP contribution in [0.3, 0.4) is 0 Å². The molecule has 0 aromatic carbocycles. The first-order chi connectivity index (χ1) is 4.20. The molecule has 10 heavy (non-hydrogen) atoms. The smallest absolute Gasteiger partial charge is 1.00 e. The standard InChI is InChI=1S/C4H2ClNO2S.Na.H/c5-3-1-2(4(7)8)9-6-3;;/h1H,(H,7,8);;/q;+1;-1. The third kappa shape index (κ3) is 2.56. The van der Waals surface area contributed by atoms with Crippen molar-refractivity contribution in [3.05, 3.63) is 16.1 Å². The summed E-state index contributed by atoms with van der Waals surface area (Å²) >= 11 is 6.22. The number of carboxylic acids is 1. The van der Waals surface area contributed by atoms with Gasteiger partial charge in [0.25, 0.3) is 0 Å². The summed E-state index contributed by atoms with van der Waals surface area (Å²) in [6.45, 7) is 0. The molecule has 0 unspecified atom stereocenters. The molecule has 0 fully saturated rings. The first kappa shape index (κ1) is 10.4. The molecule has 6 heteroatoms. The third-order valence-corrected chi connectivity index (χ3v) is 1.76. The summed E-state index contributed by atoms with van der Waals surface area (Å²) in [6.07, 6.45) is 0. The second-order valence-corrected chi connectivity index (χ2v) is 2.51. The SMILES string of the molecule is O=C(O)c1cc(Cl)ns1.[H-].[Na+]. The van der Waals surface area contributed by atoms with Crippen molar-refractivity contribution in [2.75, 3.05) is 0 Å². The summed E-state index contributed by atoms with van der Waals surface area (Å²) in [5.74, 6) is -0.987. The molecule has 0 aliphatic rings. The predicted octanol–water partition coefficient (Wildman–Crippen LogP) is -1.39. The van der Waals surface area contributed by atoms with E-state index in [1.165, 1.54) is 6.07 Å². The minimum Gasteiger partial charge on any atom is -1.00 e. The molecule has 0 saturated heterocycles. The van der Waals surface area contributed by atoms with Crippen LogP contribution in [0.2, 0.25) is 5.15 Å². The summed E-state index contributed by atoms with van der Waals surface area (Å²) < 4.78 is 3.56. The van der Waals surface area contributed by atoms with E-state index in [0.29, 0.717) is 0 Å². The molecule has 1 heterocycles.